The molecule has 6 nitrogen and oxygen atoms in total. The molecule has 41 heavy (non-hydrogen) atoms. The van der Waals surface area contributed by atoms with Gasteiger partial charge < -0.3 is 15.7 Å². The van der Waals surface area contributed by atoms with E-state index in [1.165, 1.54) is 12.1 Å². The van der Waals surface area contributed by atoms with Crippen molar-refractivity contribution in [3.63, 3.8) is 0 Å². The number of hydrogen-bond donors (Lipinski definition) is 3. The number of carboxylic acids is 1. The highest BCUT2D eigenvalue weighted by Gasteiger charge is 2.32. The molecule has 2 heterocycles. The SMILES string of the molecule is O=C(NC(Cc1ccc2c(c1)C(Sc1ccccc1)CC(c1c(Cl)cncc1Cl)N2)C(=O)O)c1c(Cl)cccc1Cl. The maximum Gasteiger partial charge on any atom is 0.326 e. The van der Waals surface area contributed by atoms with Gasteiger partial charge in [0.2, 0.25) is 0 Å². The Morgan fingerprint density at radius 2 is 1.63 bits per heavy atom. The monoisotopic (exact) mass is 645 g/mol. The van der Waals surface area contributed by atoms with Gasteiger partial charge in [0, 0.05) is 40.2 Å². The number of hydrogen-bond acceptors (Lipinski definition) is 5. The summed E-state index contributed by atoms with van der Waals surface area (Å²) in [6.07, 6.45) is 3.89. The third-order valence-electron chi connectivity index (χ3n) is 6.74. The van der Waals surface area contributed by atoms with Gasteiger partial charge in [0.1, 0.15) is 6.04 Å². The molecule has 5 rings (SSSR count). The van der Waals surface area contributed by atoms with E-state index >= 15 is 0 Å². The van der Waals surface area contributed by atoms with Gasteiger partial charge in [-0.1, -0.05) is 82.8 Å². The number of fused-ring (bicyclic) bond motifs is 1. The number of nitrogens with zero attached hydrogens (tertiary/aromatic N) is 1. The Labute approximate surface area is 261 Å². The zero-order chi connectivity index (χ0) is 29.1. The molecule has 1 amide bonds. The van der Waals surface area contributed by atoms with Crippen molar-refractivity contribution in [2.45, 2.75) is 35.1 Å². The summed E-state index contributed by atoms with van der Waals surface area (Å²) in [5.41, 5.74) is 3.47. The number of halogens is 4. The van der Waals surface area contributed by atoms with Gasteiger partial charge in [-0.3, -0.25) is 9.78 Å². The second-order valence-corrected chi connectivity index (χ2v) is 12.4. The number of aromatic nitrogens is 1. The topological polar surface area (TPSA) is 91.3 Å². The lowest BCUT2D eigenvalue weighted by atomic mass is 9.91. The largest absolute Gasteiger partial charge is 0.480 e. The molecule has 3 atom stereocenters. The first-order chi connectivity index (χ1) is 19.7. The molecule has 1 aliphatic heterocycles. The van der Waals surface area contributed by atoms with Crippen LogP contribution in [0.25, 0.3) is 0 Å². The number of carbonyl (C=O) groups excluding carboxylic acids is 1. The van der Waals surface area contributed by atoms with Gasteiger partial charge in [0.15, 0.2) is 0 Å². The van der Waals surface area contributed by atoms with Crippen molar-refractivity contribution < 1.29 is 14.7 Å². The van der Waals surface area contributed by atoms with Crippen molar-refractivity contribution in [1.29, 1.82) is 0 Å². The normalized spacial score (nSPS) is 16.8. The molecule has 3 N–H and O–H groups in total. The van der Waals surface area contributed by atoms with Crippen molar-refractivity contribution >= 4 is 75.7 Å². The molecule has 0 saturated carbocycles. The van der Waals surface area contributed by atoms with Gasteiger partial charge in [-0.15, -0.1) is 11.8 Å². The van der Waals surface area contributed by atoms with Crippen molar-refractivity contribution in [1.82, 2.24) is 10.3 Å². The molecule has 0 radical (unpaired) electrons. The van der Waals surface area contributed by atoms with E-state index in [0.29, 0.717) is 16.5 Å². The number of aliphatic carboxylic acids is 1. The lowest BCUT2D eigenvalue weighted by Crippen LogP contribution is -2.42. The zero-order valence-electron chi connectivity index (χ0n) is 21.3. The standard InChI is InChI=1S/C30H23Cl4N3O3S/c31-19-7-4-8-20(32)28(19)29(38)37-25(30(39)40)12-16-9-10-23-18(11-16)26(41-17-5-2-1-3-6-17)13-24(36-23)27-21(33)14-35-15-22(27)34/h1-11,14-15,24-26,36H,12-13H2,(H,37,38)(H,39,40). The Kier molecular flexibility index (Phi) is 9.32. The minimum absolute atomic E-state index is 0.00120. The Balaban J connectivity index is 1.44. The van der Waals surface area contributed by atoms with E-state index in [9.17, 15) is 14.7 Å². The lowest BCUT2D eigenvalue weighted by Gasteiger charge is -2.34. The fraction of sp³-hybridized carbons (Fsp3) is 0.167. The summed E-state index contributed by atoms with van der Waals surface area (Å²) in [7, 11) is 0. The molecule has 4 aromatic rings. The van der Waals surface area contributed by atoms with Gasteiger partial charge in [-0.2, -0.15) is 0 Å². The third kappa shape index (κ3) is 6.76. The molecule has 3 aromatic carbocycles. The fourth-order valence-electron chi connectivity index (χ4n) is 4.82. The van der Waals surface area contributed by atoms with Crippen molar-refractivity contribution in [2.24, 2.45) is 0 Å². The summed E-state index contributed by atoms with van der Waals surface area (Å²) in [5, 5.41) is 17.3. The predicted molar refractivity (Wildman–Crippen MR) is 166 cm³/mol. The van der Waals surface area contributed by atoms with Crippen LogP contribution in [0.1, 0.15) is 44.8 Å². The van der Waals surface area contributed by atoms with Crippen LogP contribution in [0.3, 0.4) is 0 Å². The van der Waals surface area contributed by atoms with Gasteiger partial charge in [0.25, 0.3) is 5.91 Å². The molecular weight excluding hydrogens is 624 g/mol. The van der Waals surface area contributed by atoms with Crippen LogP contribution in [0.4, 0.5) is 5.69 Å². The van der Waals surface area contributed by atoms with Crippen LogP contribution in [-0.2, 0) is 11.2 Å². The Hall–Kier alpha value is -2.94. The molecule has 0 bridgehead atoms. The second kappa shape index (κ2) is 12.9. The number of rotatable bonds is 8. The molecule has 3 unspecified atom stereocenters. The number of carbonyl (C=O) groups is 2. The first-order valence-electron chi connectivity index (χ1n) is 12.6. The minimum Gasteiger partial charge on any atom is -0.480 e. The molecule has 210 valence electrons. The highest BCUT2D eigenvalue weighted by molar-refractivity contribution is 7.99. The number of amides is 1. The molecule has 0 fully saturated rings. The quantitative estimate of drug-likeness (QED) is 0.178. The summed E-state index contributed by atoms with van der Waals surface area (Å²) in [6, 6.07) is 19.1. The lowest BCUT2D eigenvalue weighted by molar-refractivity contribution is -0.139. The van der Waals surface area contributed by atoms with Gasteiger partial charge >= 0.3 is 5.97 Å². The van der Waals surface area contributed by atoms with E-state index < -0.39 is 17.9 Å². The number of benzene rings is 3. The predicted octanol–water partition coefficient (Wildman–Crippen LogP) is 8.51. The van der Waals surface area contributed by atoms with Crippen LogP contribution in [0.2, 0.25) is 20.1 Å². The van der Waals surface area contributed by atoms with Crippen LogP contribution >= 0.6 is 58.2 Å². The van der Waals surface area contributed by atoms with E-state index in [1.807, 2.05) is 48.5 Å². The van der Waals surface area contributed by atoms with Crippen molar-refractivity contribution in [3.05, 3.63) is 121 Å². The minimum atomic E-state index is -1.20. The number of thioether (sulfide) groups is 1. The Bertz CT molecular complexity index is 1570. The van der Waals surface area contributed by atoms with Gasteiger partial charge in [0.05, 0.1) is 31.7 Å². The van der Waals surface area contributed by atoms with Crippen LogP contribution in [-0.4, -0.2) is 28.0 Å². The first-order valence-corrected chi connectivity index (χ1v) is 15.0. The highest BCUT2D eigenvalue weighted by atomic mass is 35.5. The summed E-state index contributed by atoms with van der Waals surface area (Å²) >= 11 is 27.1. The average Bonchev–Trinajstić information content (AvgIpc) is 2.93. The fourth-order valence-corrected chi connectivity index (χ4v) is 7.28. The van der Waals surface area contributed by atoms with Crippen LogP contribution in [0.15, 0.2) is 84.0 Å². The smallest absolute Gasteiger partial charge is 0.326 e. The van der Waals surface area contributed by atoms with E-state index in [2.05, 4.69) is 15.6 Å². The maximum atomic E-state index is 12.9. The van der Waals surface area contributed by atoms with E-state index in [0.717, 1.165) is 27.3 Å². The van der Waals surface area contributed by atoms with Gasteiger partial charge in [-0.25, -0.2) is 4.79 Å². The molecule has 0 spiro atoms. The number of carboxylic acid groups (broad SMARTS) is 1. The summed E-state index contributed by atoms with van der Waals surface area (Å²) in [6.45, 7) is 0. The summed E-state index contributed by atoms with van der Waals surface area (Å²) in [4.78, 5) is 30.3. The molecule has 1 aliphatic rings. The summed E-state index contributed by atoms with van der Waals surface area (Å²) in [5.74, 6) is -1.83. The van der Waals surface area contributed by atoms with Gasteiger partial charge in [-0.05, 0) is 47.9 Å². The second-order valence-electron chi connectivity index (χ2n) is 9.46. The zero-order valence-corrected chi connectivity index (χ0v) is 25.1. The van der Waals surface area contributed by atoms with Crippen LogP contribution in [0, 0.1) is 0 Å². The molecule has 11 heteroatoms. The summed E-state index contributed by atoms with van der Waals surface area (Å²) < 4.78 is 0. The Morgan fingerprint density at radius 3 is 2.29 bits per heavy atom. The van der Waals surface area contributed by atoms with E-state index in [1.54, 1.807) is 30.2 Å². The number of nitrogens with one attached hydrogen (secondary N) is 2. The van der Waals surface area contributed by atoms with Crippen molar-refractivity contribution in [3.8, 4) is 0 Å². The van der Waals surface area contributed by atoms with Crippen LogP contribution < -0.4 is 10.6 Å². The molecular formula is C30H23Cl4N3O3S. The van der Waals surface area contributed by atoms with E-state index in [-0.39, 0.29) is 33.3 Å². The molecule has 0 aliphatic carbocycles. The number of anilines is 1. The van der Waals surface area contributed by atoms with Crippen LogP contribution in [0.5, 0.6) is 0 Å². The number of pyridine rings is 1. The first kappa shape index (κ1) is 29.5. The average molecular weight is 647 g/mol. The highest BCUT2D eigenvalue weighted by Crippen LogP contribution is 2.50. The third-order valence-corrected chi connectivity index (χ3v) is 9.24. The van der Waals surface area contributed by atoms with E-state index in [4.69, 9.17) is 46.4 Å². The van der Waals surface area contributed by atoms with Crippen molar-refractivity contribution in [2.75, 3.05) is 5.32 Å². The molecule has 0 saturated heterocycles. The molecule has 1 aromatic heterocycles. The maximum absolute atomic E-state index is 12.9. The Morgan fingerprint density at radius 1 is 0.951 bits per heavy atom.